The quantitative estimate of drug-likeness (QED) is 0.561. The summed E-state index contributed by atoms with van der Waals surface area (Å²) < 4.78 is 25.4. The van der Waals surface area contributed by atoms with Gasteiger partial charge in [0.2, 0.25) is 10.0 Å². The Bertz CT molecular complexity index is 500. The van der Waals surface area contributed by atoms with Crippen LogP contribution in [0.4, 0.5) is 5.69 Å². The molecule has 0 heterocycles. The van der Waals surface area contributed by atoms with Gasteiger partial charge in [0.15, 0.2) is 0 Å². The molecule has 0 aromatic heterocycles. The number of rotatable bonds is 7. The van der Waals surface area contributed by atoms with Crippen LogP contribution in [0.15, 0.2) is 36.9 Å². The van der Waals surface area contributed by atoms with Gasteiger partial charge in [-0.2, -0.15) is 4.31 Å². The zero-order chi connectivity index (χ0) is 13.6. The van der Waals surface area contributed by atoms with Gasteiger partial charge in [-0.1, -0.05) is 18.2 Å². The van der Waals surface area contributed by atoms with E-state index in [4.69, 9.17) is 10.8 Å². The van der Waals surface area contributed by atoms with Gasteiger partial charge in [-0.15, -0.1) is 6.58 Å². The molecule has 0 bridgehead atoms. The number of nitrogens with two attached hydrogens (primary N) is 1. The third-order valence-corrected chi connectivity index (χ3v) is 4.19. The van der Waals surface area contributed by atoms with Crippen LogP contribution in [0.3, 0.4) is 0 Å². The smallest absolute Gasteiger partial charge is 0.218 e. The summed E-state index contributed by atoms with van der Waals surface area (Å²) in [6.07, 6.45) is 1.49. The molecule has 0 radical (unpaired) electrons. The fourth-order valence-electron chi connectivity index (χ4n) is 1.58. The van der Waals surface area contributed by atoms with Crippen LogP contribution in [0.25, 0.3) is 0 Å². The second-order valence-electron chi connectivity index (χ2n) is 3.87. The molecule has 0 unspecified atom stereocenters. The molecule has 1 aromatic rings. The van der Waals surface area contributed by atoms with Crippen molar-refractivity contribution in [1.82, 2.24) is 4.31 Å². The second kappa shape index (κ2) is 6.53. The number of sulfonamides is 1. The molecule has 0 atom stereocenters. The average Bonchev–Trinajstić information content (AvgIpc) is 2.28. The van der Waals surface area contributed by atoms with E-state index in [9.17, 15) is 8.42 Å². The molecule has 5 nitrogen and oxygen atoms in total. The molecule has 18 heavy (non-hydrogen) atoms. The van der Waals surface area contributed by atoms with E-state index in [-0.39, 0.29) is 25.4 Å². The van der Waals surface area contributed by atoms with E-state index in [1.165, 1.54) is 10.4 Å². The maximum Gasteiger partial charge on any atom is 0.218 e. The summed E-state index contributed by atoms with van der Waals surface area (Å²) in [5.74, 6) is -0.133. The highest BCUT2D eigenvalue weighted by molar-refractivity contribution is 7.88. The highest BCUT2D eigenvalue weighted by atomic mass is 32.2. The van der Waals surface area contributed by atoms with Gasteiger partial charge >= 0.3 is 0 Å². The molecule has 3 N–H and O–H groups in total. The minimum Gasteiger partial charge on any atom is -0.399 e. The third-order valence-electron chi connectivity index (χ3n) is 2.38. The normalized spacial score (nSPS) is 11.7. The monoisotopic (exact) mass is 270 g/mol. The Labute approximate surface area is 108 Å². The number of hydrogen-bond acceptors (Lipinski definition) is 4. The van der Waals surface area contributed by atoms with E-state index < -0.39 is 10.0 Å². The van der Waals surface area contributed by atoms with Crippen LogP contribution in [-0.4, -0.2) is 37.5 Å². The lowest BCUT2D eigenvalue weighted by atomic mass is 10.2. The number of benzene rings is 1. The van der Waals surface area contributed by atoms with Gasteiger partial charge in [0.05, 0.1) is 12.4 Å². The summed E-state index contributed by atoms with van der Waals surface area (Å²) in [6, 6.07) is 6.75. The van der Waals surface area contributed by atoms with Crippen molar-refractivity contribution in [3.8, 4) is 0 Å². The lowest BCUT2D eigenvalue weighted by Crippen LogP contribution is -2.34. The molecule has 0 spiro atoms. The lowest BCUT2D eigenvalue weighted by molar-refractivity contribution is 0.260. The SMILES string of the molecule is C=CCN(CCO)S(=O)(=O)Cc1cccc(N)c1. The minimum atomic E-state index is -3.47. The second-order valence-corrected chi connectivity index (χ2v) is 5.84. The van der Waals surface area contributed by atoms with E-state index in [0.717, 1.165) is 0 Å². The number of anilines is 1. The topological polar surface area (TPSA) is 83.6 Å². The number of hydrogen-bond donors (Lipinski definition) is 2. The van der Waals surface area contributed by atoms with E-state index in [0.29, 0.717) is 11.3 Å². The van der Waals surface area contributed by atoms with Gasteiger partial charge in [0, 0.05) is 18.8 Å². The van der Waals surface area contributed by atoms with Crippen LogP contribution in [0.5, 0.6) is 0 Å². The molecule has 0 aliphatic heterocycles. The van der Waals surface area contributed by atoms with Crippen molar-refractivity contribution in [3.05, 3.63) is 42.5 Å². The number of aliphatic hydroxyl groups is 1. The molecule has 0 saturated carbocycles. The van der Waals surface area contributed by atoms with Gasteiger partial charge in [-0.25, -0.2) is 8.42 Å². The predicted molar refractivity (Wildman–Crippen MR) is 72.3 cm³/mol. The molecule has 1 rings (SSSR count). The zero-order valence-corrected chi connectivity index (χ0v) is 10.9. The Balaban J connectivity index is 2.88. The lowest BCUT2D eigenvalue weighted by Gasteiger charge is -2.19. The molecular weight excluding hydrogens is 252 g/mol. The molecule has 0 amide bonds. The summed E-state index contributed by atoms with van der Waals surface area (Å²) in [4.78, 5) is 0. The Hall–Kier alpha value is -1.37. The van der Waals surface area contributed by atoms with E-state index >= 15 is 0 Å². The summed E-state index contributed by atoms with van der Waals surface area (Å²) in [5, 5.41) is 8.88. The molecule has 0 fully saturated rings. The van der Waals surface area contributed by atoms with E-state index in [1.54, 1.807) is 24.3 Å². The molecule has 1 aromatic carbocycles. The average molecular weight is 270 g/mol. The molecule has 6 heteroatoms. The standard InChI is InChI=1S/C12H18N2O3S/c1-2-6-14(7-8-15)18(16,17)10-11-4-3-5-12(13)9-11/h2-5,9,15H,1,6-8,10,13H2. The predicted octanol–water partition coefficient (Wildman–Crippen LogP) is 0.579. The van der Waals surface area contributed by atoms with Crippen molar-refractivity contribution < 1.29 is 13.5 Å². The summed E-state index contributed by atoms with van der Waals surface area (Å²) in [5.41, 5.74) is 6.76. The number of nitrogens with zero attached hydrogens (tertiary/aromatic N) is 1. The molecule has 0 aliphatic carbocycles. The van der Waals surface area contributed by atoms with Crippen molar-refractivity contribution in [2.24, 2.45) is 0 Å². The molecule has 100 valence electrons. The number of aliphatic hydroxyl groups excluding tert-OH is 1. The zero-order valence-electron chi connectivity index (χ0n) is 10.1. The molecule has 0 aliphatic rings. The Morgan fingerprint density at radius 1 is 1.44 bits per heavy atom. The Kier molecular flexibility index (Phi) is 5.33. The third kappa shape index (κ3) is 4.14. The summed E-state index contributed by atoms with van der Waals surface area (Å²) in [7, 11) is -3.47. The van der Waals surface area contributed by atoms with Crippen molar-refractivity contribution in [1.29, 1.82) is 0 Å². The van der Waals surface area contributed by atoms with E-state index in [1.807, 2.05) is 0 Å². The maximum atomic E-state index is 12.1. The first-order valence-corrected chi connectivity index (χ1v) is 7.14. The van der Waals surface area contributed by atoms with E-state index in [2.05, 4.69) is 6.58 Å². The van der Waals surface area contributed by atoms with Crippen LogP contribution in [0, 0.1) is 0 Å². The first kappa shape index (κ1) is 14.7. The van der Waals surface area contributed by atoms with Crippen LogP contribution in [-0.2, 0) is 15.8 Å². The van der Waals surface area contributed by atoms with Crippen LogP contribution >= 0.6 is 0 Å². The van der Waals surface area contributed by atoms with Gasteiger partial charge < -0.3 is 10.8 Å². The highest BCUT2D eigenvalue weighted by Crippen LogP contribution is 2.13. The fourth-order valence-corrected chi connectivity index (χ4v) is 3.06. The van der Waals surface area contributed by atoms with Gasteiger partial charge in [-0.05, 0) is 17.7 Å². The van der Waals surface area contributed by atoms with Gasteiger partial charge in [-0.3, -0.25) is 0 Å². The fraction of sp³-hybridized carbons (Fsp3) is 0.333. The van der Waals surface area contributed by atoms with Crippen LogP contribution in [0.1, 0.15) is 5.56 Å². The van der Waals surface area contributed by atoms with Crippen molar-refractivity contribution >= 4 is 15.7 Å². The molecular formula is C12H18N2O3S. The summed E-state index contributed by atoms with van der Waals surface area (Å²) in [6.45, 7) is 3.54. The maximum absolute atomic E-state index is 12.1. The first-order chi connectivity index (χ1) is 8.49. The van der Waals surface area contributed by atoms with Crippen molar-refractivity contribution in [3.63, 3.8) is 0 Å². The van der Waals surface area contributed by atoms with Crippen LogP contribution in [0.2, 0.25) is 0 Å². The van der Waals surface area contributed by atoms with Gasteiger partial charge in [0.25, 0.3) is 0 Å². The highest BCUT2D eigenvalue weighted by Gasteiger charge is 2.20. The van der Waals surface area contributed by atoms with Gasteiger partial charge in [0.1, 0.15) is 0 Å². The number of nitrogen functional groups attached to an aromatic ring is 1. The largest absolute Gasteiger partial charge is 0.399 e. The molecule has 0 saturated heterocycles. The minimum absolute atomic E-state index is 0.0661. The van der Waals surface area contributed by atoms with Crippen molar-refractivity contribution in [2.45, 2.75) is 5.75 Å². The Morgan fingerprint density at radius 3 is 2.72 bits per heavy atom. The van der Waals surface area contributed by atoms with Crippen LogP contribution < -0.4 is 5.73 Å². The Morgan fingerprint density at radius 2 is 2.17 bits per heavy atom. The first-order valence-electron chi connectivity index (χ1n) is 5.53. The summed E-state index contributed by atoms with van der Waals surface area (Å²) >= 11 is 0. The van der Waals surface area contributed by atoms with Crippen molar-refractivity contribution in [2.75, 3.05) is 25.4 Å².